The molecule has 2 aromatic carbocycles. The number of esters is 1. The molecule has 0 N–H and O–H groups in total. The number of ether oxygens (including phenoxy) is 4. The third-order valence-electron chi connectivity index (χ3n) is 3.92. The summed E-state index contributed by atoms with van der Waals surface area (Å²) < 4.78 is 21.1. The molecule has 3 rings (SSSR count). The van der Waals surface area contributed by atoms with Crippen molar-refractivity contribution in [3.05, 3.63) is 63.3 Å². The standard InChI is InChI=1S/C19H16N2O7/c1-25-15-9-12(10-16(26-2)17(15)27-3)18-20-14(19(22)28-18)8-11-5-4-6-13(7-11)21(23)24/h4-10H,1-3H3/b14-8+. The number of methoxy groups -OCH3 is 3. The van der Waals surface area contributed by atoms with Crippen molar-refractivity contribution in [1.82, 2.24) is 0 Å². The first kappa shape index (κ1) is 18.9. The Morgan fingerprint density at radius 1 is 1.07 bits per heavy atom. The quantitative estimate of drug-likeness (QED) is 0.326. The van der Waals surface area contributed by atoms with Gasteiger partial charge >= 0.3 is 5.97 Å². The van der Waals surface area contributed by atoms with Crippen LogP contribution in [-0.4, -0.2) is 38.1 Å². The highest BCUT2D eigenvalue weighted by Crippen LogP contribution is 2.39. The van der Waals surface area contributed by atoms with Gasteiger partial charge in [-0.15, -0.1) is 0 Å². The number of nitrogens with zero attached hydrogens (tertiary/aromatic N) is 2. The molecule has 0 aliphatic carbocycles. The molecule has 2 aromatic rings. The minimum absolute atomic E-state index is 0.0178. The maximum Gasteiger partial charge on any atom is 0.363 e. The summed E-state index contributed by atoms with van der Waals surface area (Å²) in [5.41, 5.74) is 0.833. The topological polar surface area (TPSA) is 109 Å². The highest BCUT2D eigenvalue weighted by molar-refractivity contribution is 6.13. The van der Waals surface area contributed by atoms with E-state index in [9.17, 15) is 14.9 Å². The molecule has 9 nitrogen and oxygen atoms in total. The summed E-state index contributed by atoms with van der Waals surface area (Å²) in [5.74, 6) is 0.542. The van der Waals surface area contributed by atoms with Crippen molar-refractivity contribution in [3.63, 3.8) is 0 Å². The van der Waals surface area contributed by atoms with Gasteiger partial charge in [-0.05, 0) is 23.8 Å². The zero-order valence-electron chi connectivity index (χ0n) is 15.3. The minimum Gasteiger partial charge on any atom is -0.493 e. The molecule has 1 aliphatic heterocycles. The van der Waals surface area contributed by atoms with Crippen LogP contribution in [0.25, 0.3) is 6.08 Å². The van der Waals surface area contributed by atoms with Gasteiger partial charge in [0.15, 0.2) is 17.2 Å². The van der Waals surface area contributed by atoms with E-state index in [2.05, 4.69) is 4.99 Å². The zero-order valence-corrected chi connectivity index (χ0v) is 15.3. The monoisotopic (exact) mass is 384 g/mol. The lowest BCUT2D eigenvalue weighted by Crippen LogP contribution is -2.06. The van der Waals surface area contributed by atoms with Gasteiger partial charge in [0.05, 0.1) is 26.3 Å². The number of nitro groups is 1. The second-order valence-electron chi connectivity index (χ2n) is 5.60. The van der Waals surface area contributed by atoms with Crippen LogP contribution >= 0.6 is 0 Å². The lowest BCUT2D eigenvalue weighted by molar-refractivity contribution is -0.384. The second kappa shape index (κ2) is 7.78. The number of aliphatic imine (C=N–C) groups is 1. The molecular formula is C19H16N2O7. The van der Waals surface area contributed by atoms with E-state index in [1.165, 1.54) is 45.6 Å². The van der Waals surface area contributed by atoms with Gasteiger partial charge in [-0.25, -0.2) is 9.79 Å². The average molecular weight is 384 g/mol. The smallest absolute Gasteiger partial charge is 0.363 e. The normalized spacial score (nSPS) is 14.5. The molecule has 0 spiro atoms. The van der Waals surface area contributed by atoms with Gasteiger partial charge in [-0.2, -0.15) is 0 Å². The number of cyclic esters (lactones) is 1. The lowest BCUT2D eigenvalue weighted by atomic mass is 10.1. The Morgan fingerprint density at radius 3 is 2.32 bits per heavy atom. The number of benzene rings is 2. The summed E-state index contributed by atoms with van der Waals surface area (Å²) in [7, 11) is 4.42. The summed E-state index contributed by atoms with van der Waals surface area (Å²) in [4.78, 5) is 26.8. The highest BCUT2D eigenvalue weighted by atomic mass is 16.6. The van der Waals surface area contributed by atoms with Crippen LogP contribution in [0.1, 0.15) is 11.1 Å². The van der Waals surface area contributed by atoms with Crippen molar-refractivity contribution in [1.29, 1.82) is 0 Å². The van der Waals surface area contributed by atoms with Gasteiger partial charge < -0.3 is 18.9 Å². The number of rotatable bonds is 6. The molecule has 0 saturated carbocycles. The molecule has 28 heavy (non-hydrogen) atoms. The van der Waals surface area contributed by atoms with Crippen LogP contribution in [0.3, 0.4) is 0 Å². The summed E-state index contributed by atoms with van der Waals surface area (Å²) in [6, 6.07) is 9.05. The van der Waals surface area contributed by atoms with E-state index in [1.807, 2.05) is 0 Å². The fourth-order valence-corrected chi connectivity index (χ4v) is 2.62. The Kier molecular flexibility index (Phi) is 5.25. The van der Waals surface area contributed by atoms with Crippen molar-refractivity contribution in [2.45, 2.75) is 0 Å². The summed E-state index contributed by atoms with van der Waals surface area (Å²) >= 11 is 0. The van der Waals surface area contributed by atoms with Crippen molar-refractivity contribution < 1.29 is 28.7 Å². The van der Waals surface area contributed by atoms with Crippen LogP contribution in [0.15, 0.2) is 47.1 Å². The van der Waals surface area contributed by atoms with Crippen molar-refractivity contribution in [3.8, 4) is 17.2 Å². The molecule has 0 fully saturated rings. The number of carbonyl (C=O) groups is 1. The van der Waals surface area contributed by atoms with Gasteiger partial charge in [-0.3, -0.25) is 10.1 Å². The SMILES string of the molecule is COc1cc(C2=N/C(=C/c3cccc([N+](=O)[O-])c3)C(=O)O2)cc(OC)c1OC. The van der Waals surface area contributed by atoms with E-state index in [1.54, 1.807) is 18.2 Å². The maximum absolute atomic E-state index is 12.2. The van der Waals surface area contributed by atoms with Gasteiger partial charge in [0.1, 0.15) is 0 Å². The van der Waals surface area contributed by atoms with E-state index in [4.69, 9.17) is 18.9 Å². The van der Waals surface area contributed by atoms with E-state index >= 15 is 0 Å². The summed E-state index contributed by atoms with van der Waals surface area (Å²) in [5, 5.41) is 10.9. The highest BCUT2D eigenvalue weighted by Gasteiger charge is 2.26. The number of non-ortho nitro benzene ring substituents is 1. The van der Waals surface area contributed by atoms with Crippen LogP contribution < -0.4 is 14.2 Å². The maximum atomic E-state index is 12.2. The first-order valence-corrected chi connectivity index (χ1v) is 8.04. The van der Waals surface area contributed by atoms with Crippen LogP contribution in [-0.2, 0) is 9.53 Å². The van der Waals surface area contributed by atoms with E-state index in [0.29, 0.717) is 28.4 Å². The molecule has 1 heterocycles. The van der Waals surface area contributed by atoms with Crippen LogP contribution in [0.2, 0.25) is 0 Å². The lowest BCUT2D eigenvalue weighted by Gasteiger charge is -2.13. The van der Waals surface area contributed by atoms with Crippen LogP contribution in [0, 0.1) is 10.1 Å². The van der Waals surface area contributed by atoms with Crippen LogP contribution in [0.4, 0.5) is 5.69 Å². The Balaban J connectivity index is 2.00. The average Bonchev–Trinajstić information content (AvgIpc) is 3.07. The Hall–Kier alpha value is -3.88. The van der Waals surface area contributed by atoms with Crippen molar-refractivity contribution in [2.24, 2.45) is 4.99 Å². The fourth-order valence-electron chi connectivity index (χ4n) is 2.62. The second-order valence-corrected chi connectivity index (χ2v) is 5.60. The molecule has 0 aromatic heterocycles. The van der Waals surface area contributed by atoms with Gasteiger partial charge in [-0.1, -0.05) is 12.1 Å². The molecule has 0 unspecified atom stereocenters. The number of carbonyl (C=O) groups excluding carboxylic acids is 1. The molecule has 0 atom stereocenters. The minimum atomic E-state index is -0.671. The summed E-state index contributed by atoms with van der Waals surface area (Å²) in [6.45, 7) is 0. The Bertz CT molecular complexity index is 986. The number of hydrogen-bond acceptors (Lipinski definition) is 8. The molecule has 0 bridgehead atoms. The first-order valence-electron chi connectivity index (χ1n) is 8.04. The van der Waals surface area contributed by atoms with Gasteiger partial charge in [0, 0.05) is 17.7 Å². The molecule has 9 heteroatoms. The van der Waals surface area contributed by atoms with E-state index in [-0.39, 0.29) is 17.3 Å². The van der Waals surface area contributed by atoms with Crippen LogP contribution in [0.5, 0.6) is 17.2 Å². The van der Waals surface area contributed by atoms with Crippen molar-refractivity contribution in [2.75, 3.05) is 21.3 Å². The predicted octanol–water partition coefficient (Wildman–Crippen LogP) is 2.97. The fraction of sp³-hybridized carbons (Fsp3) is 0.158. The van der Waals surface area contributed by atoms with E-state index < -0.39 is 10.9 Å². The van der Waals surface area contributed by atoms with Crippen molar-refractivity contribution >= 4 is 23.6 Å². The number of nitro benzene ring substituents is 1. The zero-order chi connectivity index (χ0) is 20.3. The predicted molar refractivity (Wildman–Crippen MR) is 99.8 cm³/mol. The molecule has 144 valence electrons. The third-order valence-corrected chi connectivity index (χ3v) is 3.92. The Morgan fingerprint density at radius 2 is 1.75 bits per heavy atom. The molecule has 0 amide bonds. The van der Waals surface area contributed by atoms with Gasteiger partial charge in [0.25, 0.3) is 5.69 Å². The first-order chi connectivity index (χ1) is 13.5. The van der Waals surface area contributed by atoms with E-state index in [0.717, 1.165) is 0 Å². The molecule has 1 aliphatic rings. The molecular weight excluding hydrogens is 368 g/mol. The Labute approximate surface area is 160 Å². The molecule has 0 saturated heterocycles. The largest absolute Gasteiger partial charge is 0.493 e. The third kappa shape index (κ3) is 3.63. The molecule has 0 radical (unpaired) electrons. The summed E-state index contributed by atoms with van der Waals surface area (Å²) in [6.07, 6.45) is 1.42. The van der Waals surface area contributed by atoms with Gasteiger partial charge in [0.2, 0.25) is 11.6 Å². The number of hydrogen-bond donors (Lipinski definition) is 0.